The summed E-state index contributed by atoms with van der Waals surface area (Å²) in [6.07, 6.45) is 0. The zero-order chi connectivity index (χ0) is 25.3. The lowest BCUT2D eigenvalue weighted by Gasteiger charge is -2.24. The average Bonchev–Trinajstić information content (AvgIpc) is 2.79. The molecule has 34 heavy (non-hydrogen) atoms. The van der Waals surface area contributed by atoms with E-state index in [0.717, 1.165) is 48.5 Å². The lowest BCUT2D eigenvalue weighted by atomic mass is 10.3. The van der Waals surface area contributed by atoms with Gasteiger partial charge in [-0.05, 0) is 30.3 Å². The van der Waals surface area contributed by atoms with Gasteiger partial charge in [-0.1, -0.05) is 23.7 Å². The lowest BCUT2D eigenvalue weighted by Crippen LogP contribution is -2.37. The highest BCUT2D eigenvalue weighted by Gasteiger charge is 2.38. The second kappa shape index (κ2) is 9.24. The molecule has 0 atom stereocenters. The number of anilines is 1. The van der Waals surface area contributed by atoms with Gasteiger partial charge in [0.25, 0.3) is 31.4 Å². The number of halogens is 1. The van der Waals surface area contributed by atoms with Crippen LogP contribution in [-0.4, -0.2) is 33.8 Å². The highest BCUT2D eigenvalue weighted by molar-refractivity contribution is 8.10. The normalized spacial score (nSPS) is 11.6. The Labute approximate surface area is 198 Å². The number of rotatable bonds is 8. The van der Waals surface area contributed by atoms with Crippen molar-refractivity contribution in [2.75, 3.05) is 10.8 Å². The van der Waals surface area contributed by atoms with Gasteiger partial charge in [0, 0.05) is 24.3 Å². The van der Waals surface area contributed by atoms with Crippen molar-refractivity contribution in [2.45, 2.75) is 9.79 Å². The van der Waals surface area contributed by atoms with Gasteiger partial charge in [0.15, 0.2) is 0 Å². The van der Waals surface area contributed by atoms with Gasteiger partial charge in [-0.15, -0.1) is 0 Å². The monoisotopic (exact) mass is 527 g/mol. The molecule has 0 bridgehead atoms. The quantitative estimate of drug-likeness (QED) is 0.313. The number of ether oxygens (including phenoxy) is 1. The first kappa shape index (κ1) is 24.9. The first-order valence-corrected chi connectivity index (χ1v) is 12.3. The smallest absolute Gasteiger partial charge is 0.277 e. The number of methoxy groups -OCH3 is 1. The number of hydrogen-bond acceptors (Lipinski definition) is 9. The molecule has 15 heteroatoms. The van der Waals surface area contributed by atoms with E-state index in [-0.39, 0.29) is 14.5 Å². The predicted molar refractivity (Wildman–Crippen MR) is 121 cm³/mol. The molecule has 0 amide bonds. The number of sulfonamides is 2. The van der Waals surface area contributed by atoms with E-state index in [4.69, 9.17) is 16.3 Å². The molecule has 0 saturated heterocycles. The number of nitrogens with zero attached hydrogens (tertiary/aromatic N) is 3. The fourth-order valence-electron chi connectivity index (χ4n) is 2.88. The van der Waals surface area contributed by atoms with Gasteiger partial charge in [0.2, 0.25) is 0 Å². The van der Waals surface area contributed by atoms with Crippen molar-refractivity contribution < 1.29 is 31.4 Å². The molecule has 0 N–H and O–H groups in total. The van der Waals surface area contributed by atoms with Gasteiger partial charge < -0.3 is 4.74 Å². The van der Waals surface area contributed by atoms with E-state index in [0.29, 0.717) is 12.1 Å². The molecular weight excluding hydrogens is 514 g/mol. The van der Waals surface area contributed by atoms with Crippen molar-refractivity contribution in [3.05, 3.63) is 92.0 Å². The van der Waals surface area contributed by atoms with Gasteiger partial charge in [-0.3, -0.25) is 20.2 Å². The summed E-state index contributed by atoms with van der Waals surface area (Å²) in [4.78, 5) is 19.2. The molecule has 0 unspecified atom stereocenters. The summed E-state index contributed by atoms with van der Waals surface area (Å²) in [5.41, 5.74) is -1.65. The fraction of sp³-hybridized carbons (Fsp3) is 0.0526. The van der Waals surface area contributed by atoms with Crippen LogP contribution in [0, 0.1) is 20.2 Å². The molecule has 0 aliphatic heterocycles. The SMILES string of the molecule is COc1ccc(N(S(=O)(=O)c2cccc([N+](=O)[O-])c2)S(=O)(=O)c2cccc([N+](=O)[O-])c2)cc1Cl. The van der Waals surface area contributed by atoms with E-state index in [9.17, 15) is 37.1 Å². The Morgan fingerprint density at radius 2 is 1.26 bits per heavy atom. The molecule has 3 aromatic rings. The Bertz CT molecular complexity index is 1420. The number of nitro benzene ring substituents is 2. The van der Waals surface area contributed by atoms with Crippen LogP contribution in [0.2, 0.25) is 5.02 Å². The Morgan fingerprint density at radius 3 is 1.65 bits per heavy atom. The summed E-state index contributed by atoms with van der Waals surface area (Å²) < 4.78 is 59.1. The minimum atomic E-state index is -5.01. The molecule has 0 aromatic heterocycles. The molecule has 0 aliphatic carbocycles. The largest absolute Gasteiger partial charge is 0.495 e. The Morgan fingerprint density at radius 1 is 0.794 bits per heavy atom. The summed E-state index contributed by atoms with van der Waals surface area (Å²) in [7, 11) is -8.74. The van der Waals surface area contributed by atoms with Crippen LogP contribution in [0.25, 0.3) is 0 Å². The molecule has 0 spiro atoms. The summed E-state index contributed by atoms with van der Waals surface area (Å²) in [5, 5.41) is 22.1. The Hall–Kier alpha value is -3.75. The summed E-state index contributed by atoms with van der Waals surface area (Å²) in [6.45, 7) is 0. The maximum Gasteiger partial charge on any atom is 0.277 e. The Balaban J connectivity index is 2.32. The molecule has 3 aromatic carbocycles. The van der Waals surface area contributed by atoms with Crippen molar-refractivity contribution in [1.29, 1.82) is 0 Å². The van der Waals surface area contributed by atoms with Crippen molar-refractivity contribution in [3.8, 4) is 5.75 Å². The zero-order valence-electron chi connectivity index (χ0n) is 17.1. The van der Waals surface area contributed by atoms with E-state index >= 15 is 0 Å². The van der Waals surface area contributed by atoms with Crippen LogP contribution in [0.5, 0.6) is 5.75 Å². The van der Waals surface area contributed by atoms with Crippen LogP contribution < -0.4 is 8.45 Å². The third-order valence-corrected chi connectivity index (χ3v) is 8.90. The van der Waals surface area contributed by atoms with E-state index in [2.05, 4.69) is 0 Å². The minimum Gasteiger partial charge on any atom is -0.495 e. The summed E-state index contributed by atoms with van der Waals surface area (Å²) in [6, 6.07) is 10.9. The fourth-order valence-corrected chi connectivity index (χ4v) is 6.89. The second-order valence-corrected chi connectivity index (χ2v) is 10.7. The van der Waals surface area contributed by atoms with Crippen molar-refractivity contribution in [3.63, 3.8) is 0 Å². The number of hydrogen-bond donors (Lipinski definition) is 0. The van der Waals surface area contributed by atoms with Gasteiger partial charge in [-0.2, -0.15) is 3.71 Å². The number of benzene rings is 3. The van der Waals surface area contributed by atoms with Crippen LogP contribution in [0.15, 0.2) is 76.5 Å². The summed E-state index contributed by atoms with van der Waals surface area (Å²) in [5.74, 6) is 0.117. The molecular formula is C19H14ClN3O9S2. The van der Waals surface area contributed by atoms with Crippen LogP contribution in [-0.2, 0) is 20.0 Å². The molecule has 0 radical (unpaired) electrons. The van der Waals surface area contributed by atoms with Crippen LogP contribution >= 0.6 is 11.6 Å². The lowest BCUT2D eigenvalue weighted by molar-refractivity contribution is -0.385. The predicted octanol–water partition coefficient (Wildman–Crippen LogP) is 3.75. The third-order valence-electron chi connectivity index (χ3n) is 4.44. The number of nitro groups is 2. The molecule has 0 saturated carbocycles. The van der Waals surface area contributed by atoms with Gasteiger partial charge in [0.1, 0.15) is 5.75 Å². The van der Waals surface area contributed by atoms with E-state index < -0.39 is 56.7 Å². The van der Waals surface area contributed by atoms with E-state index in [1.807, 2.05) is 0 Å². The minimum absolute atomic E-state index is 0.00341. The van der Waals surface area contributed by atoms with Crippen molar-refractivity contribution >= 4 is 48.7 Å². The highest BCUT2D eigenvalue weighted by atomic mass is 35.5. The Kier molecular flexibility index (Phi) is 6.77. The topological polar surface area (TPSA) is 167 Å². The third kappa shape index (κ3) is 4.64. The van der Waals surface area contributed by atoms with Crippen LogP contribution in [0.4, 0.5) is 17.1 Å². The molecule has 0 aliphatic rings. The van der Waals surface area contributed by atoms with Gasteiger partial charge in [0.05, 0.1) is 37.5 Å². The standard InChI is InChI=1S/C19H14ClN3O9S2/c1-32-19-9-8-15(12-18(19)20)23(33(28,29)16-6-2-4-13(10-16)21(24)25)34(30,31)17-7-3-5-14(11-17)22(26)27/h2-12H,1H3. The van der Waals surface area contributed by atoms with E-state index in [1.165, 1.54) is 13.2 Å². The maximum atomic E-state index is 13.5. The maximum absolute atomic E-state index is 13.5. The molecule has 3 rings (SSSR count). The summed E-state index contributed by atoms with van der Waals surface area (Å²) >= 11 is 6.08. The van der Waals surface area contributed by atoms with Crippen molar-refractivity contribution in [1.82, 2.24) is 0 Å². The second-order valence-electron chi connectivity index (χ2n) is 6.54. The zero-order valence-corrected chi connectivity index (χ0v) is 19.5. The highest BCUT2D eigenvalue weighted by Crippen LogP contribution is 2.36. The number of non-ortho nitro benzene ring substituents is 2. The van der Waals surface area contributed by atoms with Crippen LogP contribution in [0.1, 0.15) is 0 Å². The first-order chi connectivity index (χ1) is 15.9. The van der Waals surface area contributed by atoms with E-state index in [1.54, 1.807) is 0 Å². The molecule has 178 valence electrons. The molecule has 12 nitrogen and oxygen atoms in total. The molecule has 0 fully saturated rings. The van der Waals surface area contributed by atoms with Crippen LogP contribution in [0.3, 0.4) is 0 Å². The van der Waals surface area contributed by atoms with Gasteiger partial charge >= 0.3 is 0 Å². The van der Waals surface area contributed by atoms with Gasteiger partial charge in [-0.25, -0.2) is 16.8 Å². The first-order valence-electron chi connectivity index (χ1n) is 9.02. The molecule has 0 heterocycles. The average molecular weight is 528 g/mol. The van der Waals surface area contributed by atoms with Crippen molar-refractivity contribution in [2.24, 2.45) is 0 Å².